The number of hydrogen-bond acceptors (Lipinski definition) is 4. The molecular weight excluding hydrogens is 378 g/mol. The maximum absolute atomic E-state index is 13.1. The molecule has 1 N–H and O–H groups in total. The fraction of sp³-hybridized carbons (Fsp3) is 0.250. The molecule has 30 heavy (non-hydrogen) atoms. The van der Waals surface area contributed by atoms with Crippen LogP contribution >= 0.6 is 0 Å². The third-order valence-electron chi connectivity index (χ3n) is 5.54. The van der Waals surface area contributed by atoms with Crippen LogP contribution < -0.4 is 15.1 Å². The van der Waals surface area contributed by atoms with Gasteiger partial charge in [-0.1, -0.05) is 30.3 Å². The summed E-state index contributed by atoms with van der Waals surface area (Å²) in [5.74, 6) is 0.360. The largest absolute Gasteiger partial charge is 0.467 e. The minimum absolute atomic E-state index is 0.0650. The van der Waals surface area contributed by atoms with E-state index in [1.165, 1.54) is 5.56 Å². The van der Waals surface area contributed by atoms with Gasteiger partial charge in [-0.15, -0.1) is 0 Å². The Kier molecular flexibility index (Phi) is 5.57. The van der Waals surface area contributed by atoms with Gasteiger partial charge in [0, 0.05) is 18.8 Å². The molecule has 0 bridgehead atoms. The first-order valence-corrected chi connectivity index (χ1v) is 10.1. The molecule has 3 aromatic rings. The van der Waals surface area contributed by atoms with Gasteiger partial charge < -0.3 is 19.5 Å². The van der Waals surface area contributed by atoms with Crippen molar-refractivity contribution in [3.8, 4) is 0 Å². The number of nitrogens with zero attached hydrogens (tertiary/aromatic N) is 2. The molecule has 1 aliphatic heterocycles. The van der Waals surface area contributed by atoms with Crippen LogP contribution in [0, 0.1) is 0 Å². The van der Waals surface area contributed by atoms with Gasteiger partial charge in [-0.05, 0) is 49.2 Å². The minimum Gasteiger partial charge on any atom is -0.467 e. The fourth-order valence-electron chi connectivity index (χ4n) is 3.89. The van der Waals surface area contributed by atoms with Gasteiger partial charge in [-0.3, -0.25) is 9.59 Å². The van der Waals surface area contributed by atoms with Crippen molar-refractivity contribution >= 4 is 23.2 Å². The minimum atomic E-state index is -0.249. The number of carbonyl (C=O) groups is 2. The summed E-state index contributed by atoms with van der Waals surface area (Å²) in [6, 6.07) is 19.2. The van der Waals surface area contributed by atoms with Crippen molar-refractivity contribution in [2.24, 2.45) is 0 Å². The maximum atomic E-state index is 13.1. The molecule has 0 unspecified atom stereocenters. The summed E-state index contributed by atoms with van der Waals surface area (Å²) in [5, 5.41) is 2.85. The van der Waals surface area contributed by atoms with E-state index < -0.39 is 0 Å². The second-order valence-electron chi connectivity index (χ2n) is 7.54. The molecule has 6 nitrogen and oxygen atoms in total. The lowest BCUT2D eigenvalue weighted by Gasteiger charge is -2.28. The highest BCUT2D eigenvalue weighted by Gasteiger charge is 2.29. The molecule has 0 spiro atoms. The molecule has 0 fully saturated rings. The molecule has 2 amide bonds. The first-order valence-electron chi connectivity index (χ1n) is 10.1. The zero-order chi connectivity index (χ0) is 21.1. The van der Waals surface area contributed by atoms with E-state index in [1.807, 2.05) is 18.2 Å². The number of fused-ring (bicyclic) bond motifs is 1. The molecule has 1 aliphatic rings. The Hall–Kier alpha value is -3.54. The van der Waals surface area contributed by atoms with Crippen LogP contribution in [0.4, 0.5) is 11.4 Å². The normalized spacial score (nSPS) is 15.0. The van der Waals surface area contributed by atoms with Crippen LogP contribution in [-0.4, -0.2) is 31.4 Å². The van der Waals surface area contributed by atoms with Crippen molar-refractivity contribution in [3.05, 3.63) is 83.8 Å². The molecule has 4 rings (SSSR count). The number of amides is 2. The predicted molar refractivity (Wildman–Crippen MR) is 117 cm³/mol. The number of furan rings is 1. The quantitative estimate of drug-likeness (QED) is 0.683. The number of para-hydroxylation sites is 2. The van der Waals surface area contributed by atoms with E-state index >= 15 is 0 Å². The van der Waals surface area contributed by atoms with Crippen molar-refractivity contribution in [1.82, 2.24) is 5.32 Å². The number of hydrogen-bond donors (Lipinski definition) is 1. The van der Waals surface area contributed by atoms with Gasteiger partial charge >= 0.3 is 0 Å². The number of nitrogens with one attached hydrogen (secondary N) is 1. The van der Waals surface area contributed by atoms with Crippen LogP contribution in [0.25, 0.3) is 0 Å². The molecule has 2 aromatic carbocycles. The topological polar surface area (TPSA) is 65.8 Å². The summed E-state index contributed by atoms with van der Waals surface area (Å²) in [5.41, 5.74) is 3.41. The number of benzene rings is 2. The Balaban J connectivity index is 1.48. The Morgan fingerprint density at radius 3 is 2.67 bits per heavy atom. The second kappa shape index (κ2) is 8.45. The number of likely N-dealkylation sites (N-methyl/N-ethyl adjacent to an activating group) is 1. The van der Waals surface area contributed by atoms with E-state index in [9.17, 15) is 9.59 Å². The van der Waals surface area contributed by atoms with Gasteiger partial charge in [0.05, 0.1) is 30.6 Å². The van der Waals surface area contributed by atoms with Crippen LogP contribution in [0.2, 0.25) is 0 Å². The average molecular weight is 403 g/mol. The van der Waals surface area contributed by atoms with Gasteiger partial charge in [0.2, 0.25) is 5.91 Å². The predicted octanol–water partition coefficient (Wildman–Crippen LogP) is 3.62. The molecule has 1 atom stereocenters. The molecule has 0 saturated heterocycles. The number of rotatable bonds is 6. The summed E-state index contributed by atoms with van der Waals surface area (Å²) in [7, 11) is 1.72. The van der Waals surface area contributed by atoms with Crippen LogP contribution in [0.1, 0.15) is 28.6 Å². The molecule has 154 valence electrons. The van der Waals surface area contributed by atoms with E-state index in [4.69, 9.17) is 4.42 Å². The Morgan fingerprint density at radius 1 is 1.10 bits per heavy atom. The summed E-state index contributed by atoms with van der Waals surface area (Å²) in [6.45, 7) is 2.68. The Morgan fingerprint density at radius 2 is 1.87 bits per heavy atom. The van der Waals surface area contributed by atoms with Crippen molar-refractivity contribution in [1.29, 1.82) is 0 Å². The first kappa shape index (κ1) is 19.8. The maximum Gasteiger partial charge on any atom is 0.253 e. The highest BCUT2D eigenvalue weighted by atomic mass is 16.3. The fourth-order valence-corrected chi connectivity index (χ4v) is 3.89. The van der Waals surface area contributed by atoms with Crippen molar-refractivity contribution in [3.63, 3.8) is 0 Å². The smallest absolute Gasteiger partial charge is 0.253 e. The van der Waals surface area contributed by atoms with Crippen LogP contribution in [0.3, 0.4) is 0 Å². The molecule has 6 heteroatoms. The van der Waals surface area contributed by atoms with E-state index in [0.717, 1.165) is 12.1 Å². The number of carbonyl (C=O) groups excluding carboxylic acids is 2. The van der Waals surface area contributed by atoms with Crippen molar-refractivity contribution in [2.45, 2.75) is 25.9 Å². The average Bonchev–Trinajstić information content (AvgIpc) is 3.39. The molecule has 0 saturated carbocycles. The van der Waals surface area contributed by atoms with Crippen LogP contribution in [0.5, 0.6) is 0 Å². The summed E-state index contributed by atoms with van der Waals surface area (Å²) in [4.78, 5) is 29.6. The molecule has 0 aliphatic carbocycles. The van der Waals surface area contributed by atoms with Crippen molar-refractivity contribution < 1.29 is 14.0 Å². The summed E-state index contributed by atoms with van der Waals surface area (Å²) in [6.07, 6.45) is 2.50. The molecule has 2 heterocycles. The second-order valence-corrected chi connectivity index (χ2v) is 7.54. The van der Waals surface area contributed by atoms with Gasteiger partial charge in [0.15, 0.2) is 0 Å². The summed E-state index contributed by atoms with van der Waals surface area (Å²) < 4.78 is 5.26. The zero-order valence-electron chi connectivity index (χ0n) is 17.2. The monoisotopic (exact) mass is 403 g/mol. The zero-order valence-corrected chi connectivity index (χ0v) is 17.2. The molecule has 1 aromatic heterocycles. The van der Waals surface area contributed by atoms with Crippen LogP contribution in [-0.2, 0) is 17.8 Å². The van der Waals surface area contributed by atoms with E-state index in [2.05, 4.69) is 29.3 Å². The molecule has 0 radical (unpaired) electrons. The molecular formula is C24H25N3O3. The first-order chi connectivity index (χ1) is 14.5. The third kappa shape index (κ3) is 3.94. The standard InChI is InChI=1S/C24H25N3O3/c1-17-14-18-8-3-5-11-21(18)27(17)16-23(28)26(2)22-12-6-4-10-20(22)24(29)25-15-19-9-7-13-30-19/h3-13,17H,14-16H2,1-2H3,(H,25,29)/t17-/m1/s1. The highest BCUT2D eigenvalue weighted by Crippen LogP contribution is 2.32. The van der Waals surface area contributed by atoms with E-state index in [0.29, 0.717) is 23.6 Å². The van der Waals surface area contributed by atoms with E-state index in [-0.39, 0.29) is 24.4 Å². The SMILES string of the molecule is C[C@@H]1Cc2ccccc2N1CC(=O)N(C)c1ccccc1C(=O)NCc1ccco1. The van der Waals surface area contributed by atoms with Crippen LogP contribution in [0.15, 0.2) is 71.3 Å². The van der Waals surface area contributed by atoms with Gasteiger partial charge in [0.25, 0.3) is 5.91 Å². The third-order valence-corrected chi connectivity index (χ3v) is 5.54. The Bertz CT molecular complexity index is 1050. The lowest BCUT2D eigenvalue weighted by Crippen LogP contribution is -2.41. The van der Waals surface area contributed by atoms with E-state index in [1.54, 1.807) is 48.5 Å². The highest BCUT2D eigenvalue weighted by molar-refractivity contribution is 6.05. The van der Waals surface area contributed by atoms with Crippen molar-refractivity contribution in [2.75, 3.05) is 23.4 Å². The lowest BCUT2D eigenvalue weighted by atomic mass is 10.1. The number of anilines is 2. The summed E-state index contributed by atoms with van der Waals surface area (Å²) >= 11 is 0. The van der Waals surface area contributed by atoms with Gasteiger partial charge in [0.1, 0.15) is 5.76 Å². The Labute approximate surface area is 176 Å². The van der Waals surface area contributed by atoms with Gasteiger partial charge in [-0.2, -0.15) is 0 Å². The lowest BCUT2D eigenvalue weighted by molar-refractivity contribution is -0.117. The van der Waals surface area contributed by atoms with Gasteiger partial charge in [-0.25, -0.2) is 0 Å².